The van der Waals surface area contributed by atoms with E-state index in [2.05, 4.69) is 17.1 Å². The molecule has 1 amide bonds. The molecule has 1 heterocycles. The molecule has 0 radical (unpaired) electrons. The Morgan fingerprint density at radius 2 is 1.82 bits per heavy atom. The van der Waals surface area contributed by atoms with Crippen LogP contribution in [0.5, 0.6) is 11.5 Å². The van der Waals surface area contributed by atoms with Crippen LogP contribution >= 0.6 is 11.6 Å². The highest BCUT2D eigenvalue weighted by atomic mass is 35.5. The molecule has 0 aliphatic carbocycles. The minimum absolute atomic E-state index is 0.0759. The second-order valence-corrected chi connectivity index (χ2v) is 7.18. The number of piperazine rings is 1. The molecule has 0 atom stereocenters. The number of halogens is 1. The van der Waals surface area contributed by atoms with Crippen molar-refractivity contribution < 1.29 is 19.2 Å². The summed E-state index contributed by atoms with van der Waals surface area (Å²) in [4.78, 5) is 16.1. The Morgan fingerprint density at radius 1 is 1.14 bits per heavy atom. The molecule has 1 saturated heterocycles. The molecule has 150 valence electrons. The third-order valence-electron chi connectivity index (χ3n) is 4.97. The van der Waals surface area contributed by atoms with Gasteiger partial charge in [0.1, 0.15) is 11.5 Å². The van der Waals surface area contributed by atoms with E-state index in [1.165, 1.54) is 0 Å². The van der Waals surface area contributed by atoms with Crippen molar-refractivity contribution in [2.45, 2.75) is 6.92 Å². The van der Waals surface area contributed by atoms with Crippen LogP contribution in [-0.2, 0) is 4.79 Å². The number of quaternary nitrogens is 1. The summed E-state index contributed by atoms with van der Waals surface area (Å²) in [6, 6.07) is 12.7. The van der Waals surface area contributed by atoms with Gasteiger partial charge in [0.2, 0.25) is 0 Å². The lowest BCUT2D eigenvalue weighted by atomic mass is 10.2. The van der Waals surface area contributed by atoms with Gasteiger partial charge in [-0.25, -0.2) is 0 Å². The van der Waals surface area contributed by atoms with Crippen LogP contribution in [0, 0.1) is 0 Å². The first-order valence-electron chi connectivity index (χ1n) is 9.54. The topological polar surface area (TPSA) is 55.2 Å². The Kier molecular flexibility index (Phi) is 7.01. The zero-order chi connectivity index (χ0) is 19.9. The number of nitrogens with zero attached hydrogens (tertiary/aromatic N) is 1. The molecule has 2 aromatic carbocycles. The van der Waals surface area contributed by atoms with E-state index in [-0.39, 0.29) is 12.5 Å². The lowest BCUT2D eigenvalue weighted by Crippen LogP contribution is -3.14. The van der Waals surface area contributed by atoms with E-state index in [0.29, 0.717) is 16.5 Å². The number of hydrogen-bond donors (Lipinski definition) is 2. The number of hydrogen-bond acceptors (Lipinski definition) is 4. The van der Waals surface area contributed by atoms with Crippen molar-refractivity contribution in [1.29, 1.82) is 0 Å². The van der Waals surface area contributed by atoms with Gasteiger partial charge in [-0.1, -0.05) is 11.6 Å². The summed E-state index contributed by atoms with van der Waals surface area (Å²) >= 11 is 6.48. The van der Waals surface area contributed by atoms with Crippen LogP contribution < -0.4 is 24.6 Å². The van der Waals surface area contributed by atoms with Gasteiger partial charge in [0, 0.05) is 5.69 Å². The zero-order valence-corrected chi connectivity index (χ0v) is 17.1. The summed E-state index contributed by atoms with van der Waals surface area (Å²) < 4.78 is 10.6. The molecular weight excluding hydrogens is 378 g/mol. The minimum atomic E-state index is -0.236. The lowest BCUT2D eigenvalue weighted by Gasteiger charge is -2.33. The molecule has 0 aromatic heterocycles. The number of likely N-dealkylation sites (N-methyl/N-ethyl adjacent to an activating group) is 1. The van der Waals surface area contributed by atoms with Crippen LogP contribution in [-0.4, -0.2) is 52.3 Å². The molecule has 28 heavy (non-hydrogen) atoms. The van der Waals surface area contributed by atoms with E-state index in [9.17, 15) is 4.79 Å². The van der Waals surface area contributed by atoms with E-state index >= 15 is 0 Å². The highest BCUT2D eigenvalue weighted by Crippen LogP contribution is 2.29. The first-order chi connectivity index (χ1) is 13.6. The Morgan fingerprint density at radius 3 is 2.43 bits per heavy atom. The SMILES string of the molecule is CC[NH+]1CCN(c2ccc(NC(=O)COc3ccc(OC)cc3)cc2Cl)CC1. The third kappa shape index (κ3) is 5.30. The monoisotopic (exact) mass is 404 g/mol. The lowest BCUT2D eigenvalue weighted by molar-refractivity contribution is -0.898. The zero-order valence-electron chi connectivity index (χ0n) is 16.3. The maximum atomic E-state index is 12.2. The van der Waals surface area contributed by atoms with Crippen molar-refractivity contribution >= 4 is 28.9 Å². The van der Waals surface area contributed by atoms with E-state index in [1.807, 2.05) is 12.1 Å². The number of rotatable bonds is 7. The molecule has 2 aromatic rings. The normalized spacial score (nSPS) is 14.6. The van der Waals surface area contributed by atoms with Crippen molar-refractivity contribution in [3.05, 3.63) is 47.5 Å². The number of nitrogens with one attached hydrogen (secondary N) is 2. The summed E-state index contributed by atoms with van der Waals surface area (Å²) in [7, 11) is 1.60. The van der Waals surface area contributed by atoms with Crippen LogP contribution in [0.1, 0.15) is 6.92 Å². The molecule has 1 fully saturated rings. The maximum absolute atomic E-state index is 12.2. The fourth-order valence-corrected chi connectivity index (χ4v) is 3.58. The number of ether oxygens (including phenoxy) is 2. The first-order valence-corrected chi connectivity index (χ1v) is 9.91. The van der Waals surface area contributed by atoms with Crippen molar-refractivity contribution in [2.24, 2.45) is 0 Å². The molecule has 7 heteroatoms. The average molecular weight is 405 g/mol. The highest BCUT2D eigenvalue weighted by Gasteiger charge is 2.20. The van der Waals surface area contributed by atoms with Gasteiger partial charge in [0.15, 0.2) is 6.61 Å². The molecule has 6 nitrogen and oxygen atoms in total. The van der Waals surface area contributed by atoms with Crippen LogP contribution in [0.25, 0.3) is 0 Å². The molecule has 0 unspecified atom stereocenters. The largest absolute Gasteiger partial charge is 0.497 e. The van der Waals surface area contributed by atoms with Crippen molar-refractivity contribution in [1.82, 2.24) is 0 Å². The van der Waals surface area contributed by atoms with Crippen molar-refractivity contribution in [3.8, 4) is 11.5 Å². The predicted molar refractivity (Wildman–Crippen MR) is 112 cm³/mol. The molecule has 2 N–H and O–H groups in total. The van der Waals surface area contributed by atoms with Gasteiger partial charge < -0.3 is 24.6 Å². The summed E-state index contributed by atoms with van der Waals surface area (Å²) in [6.45, 7) is 7.52. The van der Waals surface area contributed by atoms with E-state index < -0.39 is 0 Å². The number of benzene rings is 2. The molecule has 3 rings (SSSR count). The summed E-state index contributed by atoms with van der Waals surface area (Å²) in [5.41, 5.74) is 1.68. The van der Waals surface area contributed by atoms with Gasteiger partial charge >= 0.3 is 0 Å². The van der Waals surface area contributed by atoms with Gasteiger partial charge in [-0.05, 0) is 49.4 Å². The van der Waals surface area contributed by atoms with Gasteiger partial charge in [0.05, 0.1) is 50.5 Å². The fraction of sp³-hybridized carbons (Fsp3) is 0.381. The van der Waals surface area contributed by atoms with Gasteiger partial charge in [-0.15, -0.1) is 0 Å². The maximum Gasteiger partial charge on any atom is 0.262 e. The minimum Gasteiger partial charge on any atom is -0.497 e. The molecule has 1 aliphatic rings. The number of methoxy groups -OCH3 is 1. The van der Waals surface area contributed by atoms with Crippen LogP contribution in [0.4, 0.5) is 11.4 Å². The number of anilines is 2. The molecular formula is C21H27ClN3O3+. The number of carbonyl (C=O) groups is 1. The van der Waals surface area contributed by atoms with Gasteiger partial charge in [0.25, 0.3) is 5.91 Å². The average Bonchev–Trinajstić information content (AvgIpc) is 2.73. The quantitative estimate of drug-likeness (QED) is 0.742. The van der Waals surface area contributed by atoms with E-state index in [0.717, 1.165) is 44.2 Å². The van der Waals surface area contributed by atoms with E-state index in [4.69, 9.17) is 21.1 Å². The molecule has 0 bridgehead atoms. The van der Waals surface area contributed by atoms with Gasteiger partial charge in [-0.3, -0.25) is 4.79 Å². The highest BCUT2D eigenvalue weighted by molar-refractivity contribution is 6.33. The summed E-state index contributed by atoms with van der Waals surface area (Å²) in [5.74, 6) is 1.11. The fourth-order valence-electron chi connectivity index (χ4n) is 3.28. The Bertz CT molecular complexity index is 790. The van der Waals surface area contributed by atoms with E-state index in [1.54, 1.807) is 42.3 Å². The smallest absolute Gasteiger partial charge is 0.262 e. The standard InChI is InChI=1S/C21H26ClN3O3/c1-3-24-10-12-25(13-11-24)20-9-4-16(14-19(20)22)23-21(26)15-28-18-7-5-17(27-2)6-8-18/h4-9,14H,3,10-13,15H2,1-2H3,(H,23,26)/p+1. The number of carbonyl (C=O) groups excluding carboxylic acids is 1. The second-order valence-electron chi connectivity index (χ2n) is 6.77. The Hall–Kier alpha value is -2.44. The Balaban J connectivity index is 1.52. The summed E-state index contributed by atoms with van der Waals surface area (Å²) in [5, 5.41) is 3.47. The Labute approximate surface area is 171 Å². The molecule has 0 spiro atoms. The van der Waals surface area contributed by atoms with Crippen LogP contribution in [0.3, 0.4) is 0 Å². The summed E-state index contributed by atoms with van der Waals surface area (Å²) in [6.07, 6.45) is 0. The predicted octanol–water partition coefficient (Wildman–Crippen LogP) is 2.09. The van der Waals surface area contributed by atoms with Crippen molar-refractivity contribution in [3.63, 3.8) is 0 Å². The number of amides is 1. The van der Waals surface area contributed by atoms with Crippen molar-refractivity contribution in [2.75, 3.05) is 56.7 Å². The van der Waals surface area contributed by atoms with Gasteiger partial charge in [-0.2, -0.15) is 0 Å². The molecule has 1 aliphatic heterocycles. The second kappa shape index (κ2) is 9.66. The molecule has 0 saturated carbocycles. The van der Waals surface area contributed by atoms with Crippen LogP contribution in [0.15, 0.2) is 42.5 Å². The van der Waals surface area contributed by atoms with Crippen LogP contribution in [0.2, 0.25) is 5.02 Å². The first kappa shape index (κ1) is 20.3. The third-order valence-corrected chi connectivity index (χ3v) is 5.27.